The molecule has 0 aliphatic carbocycles. The van der Waals surface area contributed by atoms with Gasteiger partial charge in [0.05, 0.1) is 5.71 Å². The summed E-state index contributed by atoms with van der Waals surface area (Å²) in [6.45, 7) is 3.57. The molecule has 4 heteroatoms. The van der Waals surface area contributed by atoms with Crippen LogP contribution in [-0.4, -0.2) is 11.5 Å². The predicted octanol–water partition coefficient (Wildman–Crippen LogP) is 2.41. The van der Waals surface area contributed by atoms with E-state index in [2.05, 4.69) is 0 Å². The smallest absolute Gasteiger partial charge is 0.179 e. The second-order valence-electron chi connectivity index (χ2n) is 3.61. The molecule has 0 saturated heterocycles. The molecular weight excluding hydrogens is 208 g/mol. The molecule has 3 nitrogen and oxygen atoms in total. The van der Waals surface area contributed by atoms with E-state index in [-0.39, 0.29) is 17.4 Å². The Hall–Kier alpha value is -1.47. The molecule has 1 heterocycles. The molecule has 1 rings (SSSR count). The number of rotatable bonds is 4. The topological polar surface area (TPSA) is 64.7 Å². The summed E-state index contributed by atoms with van der Waals surface area (Å²) >= 11 is 1.34. The van der Waals surface area contributed by atoms with Crippen LogP contribution < -0.4 is 0 Å². The van der Waals surface area contributed by atoms with Gasteiger partial charge in [-0.05, 0) is 17.0 Å². The molecule has 0 amide bonds. The van der Waals surface area contributed by atoms with Crippen molar-refractivity contribution in [3.8, 4) is 6.07 Å². The van der Waals surface area contributed by atoms with Gasteiger partial charge in [0.1, 0.15) is 10.9 Å². The molecular formula is C11H12N2OS. The van der Waals surface area contributed by atoms with Crippen molar-refractivity contribution in [1.82, 2.24) is 0 Å². The molecule has 0 aromatic carbocycles. The van der Waals surface area contributed by atoms with Gasteiger partial charge in [-0.3, -0.25) is 4.79 Å². The van der Waals surface area contributed by atoms with Crippen LogP contribution in [0, 0.1) is 22.7 Å². The van der Waals surface area contributed by atoms with Crippen LogP contribution in [0.25, 0.3) is 0 Å². The van der Waals surface area contributed by atoms with Gasteiger partial charge in [-0.15, -0.1) is 11.3 Å². The lowest BCUT2D eigenvalue weighted by molar-refractivity contribution is -0.115. The van der Waals surface area contributed by atoms with Crippen LogP contribution >= 0.6 is 11.3 Å². The van der Waals surface area contributed by atoms with Crippen molar-refractivity contribution in [2.24, 2.45) is 5.92 Å². The lowest BCUT2D eigenvalue weighted by Gasteiger charge is -2.04. The van der Waals surface area contributed by atoms with Gasteiger partial charge in [-0.2, -0.15) is 5.26 Å². The molecule has 0 aliphatic heterocycles. The first kappa shape index (κ1) is 11.6. The van der Waals surface area contributed by atoms with Crippen molar-refractivity contribution < 1.29 is 4.79 Å². The average Bonchev–Trinajstić information content (AvgIpc) is 2.64. The third kappa shape index (κ3) is 3.00. The number of nitrogens with one attached hydrogen (secondary N) is 1. The molecule has 0 fully saturated rings. The highest BCUT2D eigenvalue weighted by molar-refractivity contribution is 7.10. The quantitative estimate of drug-likeness (QED) is 0.792. The summed E-state index contributed by atoms with van der Waals surface area (Å²) in [7, 11) is 0. The summed E-state index contributed by atoms with van der Waals surface area (Å²) in [6.07, 6.45) is 0.329. The Bertz CT molecular complexity index is 426. The molecule has 0 unspecified atom stereocenters. The molecule has 0 atom stereocenters. The molecule has 15 heavy (non-hydrogen) atoms. The number of carbonyl (C=O) groups is 1. The van der Waals surface area contributed by atoms with E-state index < -0.39 is 0 Å². The first-order chi connectivity index (χ1) is 7.04. The Morgan fingerprint density at radius 3 is 2.80 bits per heavy atom. The van der Waals surface area contributed by atoms with Crippen LogP contribution in [0.1, 0.15) is 24.3 Å². The summed E-state index contributed by atoms with van der Waals surface area (Å²) in [5.41, 5.74) is 0.989. The zero-order chi connectivity index (χ0) is 11.4. The highest BCUT2D eigenvalue weighted by atomic mass is 32.1. The Morgan fingerprint density at radius 1 is 1.67 bits per heavy atom. The van der Waals surface area contributed by atoms with E-state index in [9.17, 15) is 4.79 Å². The van der Waals surface area contributed by atoms with E-state index in [1.807, 2.05) is 11.4 Å². The lowest BCUT2D eigenvalue weighted by atomic mass is 10.0. The van der Waals surface area contributed by atoms with Crippen molar-refractivity contribution in [1.29, 1.82) is 10.7 Å². The summed E-state index contributed by atoms with van der Waals surface area (Å²) in [4.78, 5) is 12.1. The minimum atomic E-state index is -0.133. The SMILES string of the molecule is CC(C)C(=O)C(=N)Cc1csc(C#N)c1. The minimum absolute atomic E-state index is 0.118. The van der Waals surface area contributed by atoms with E-state index in [0.29, 0.717) is 11.3 Å². The van der Waals surface area contributed by atoms with Crippen LogP contribution in [0.5, 0.6) is 0 Å². The fourth-order valence-electron chi connectivity index (χ4n) is 1.17. The molecule has 1 aromatic heterocycles. The van der Waals surface area contributed by atoms with E-state index >= 15 is 0 Å². The van der Waals surface area contributed by atoms with Crippen LogP contribution in [0.4, 0.5) is 0 Å². The first-order valence-corrected chi connectivity index (χ1v) is 5.51. The summed E-state index contributed by atoms with van der Waals surface area (Å²) in [5.74, 6) is -0.258. The molecule has 78 valence electrons. The number of ketones is 1. The summed E-state index contributed by atoms with van der Waals surface area (Å²) in [5, 5.41) is 18.0. The predicted molar refractivity (Wildman–Crippen MR) is 60.3 cm³/mol. The second-order valence-corrected chi connectivity index (χ2v) is 4.52. The summed E-state index contributed by atoms with van der Waals surface area (Å²) < 4.78 is 0. The standard InChI is InChI=1S/C11H12N2OS/c1-7(2)11(14)10(13)4-8-3-9(5-12)15-6-8/h3,6-7,13H,4H2,1-2H3. The van der Waals surface area contributed by atoms with Crippen LogP contribution in [0.2, 0.25) is 0 Å². The van der Waals surface area contributed by atoms with E-state index in [1.165, 1.54) is 11.3 Å². The van der Waals surface area contributed by atoms with Crippen LogP contribution in [-0.2, 0) is 11.2 Å². The normalized spacial score (nSPS) is 10.0. The van der Waals surface area contributed by atoms with Crippen molar-refractivity contribution in [2.75, 3.05) is 0 Å². The lowest BCUT2D eigenvalue weighted by Crippen LogP contribution is -2.20. The maximum absolute atomic E-state index is 11.4. The van der Waals surface area contributed by atoms with Crippen molar-refractivity contribution in [3.05, 3.63) is 21.9 Å². The van der Waals surface area contributed by atoms with Gasteiger partial charge < -0.3 is 5.41 Å². The molecule has 1 aromatic rings. The fourth-order valence-corrected chi connectivity index (χ4v) is 1.87. The number of hydrogen-bond acceptors (Lipinski definition) is 4. The van der Waals surface area contributed by atoms with Gasteiger partial charge in [0, 0.05) is 12.3 Å². The van der Waals surface area contributed by atoms with Crippen molar-refractivity contribution >= 4 is 22.8 Å². The Morgan fingerprint density at radius 2 is 2.33 bits per heavy atom. The fraction of sp³-hybridized carbons (Fsp3) is 0.364. The second kappa shape index (κ2) is 4.85. The number of carbonyl (C=O) groups excluding carboxylic acids is 1. The Labute approximate surface area is 92.9 Å². The third-order valence-corrected chi connectivity index (χ3v) is 2.85. The Balaban J connectivity index is 2.67. The highest BCUT2D eigenvalue weighted by Gasteiger charge is 2.14. The van der Waals surface area contributed by atoms with Crippen molar-refractivity contribution in [3.63, 3.8) is 0 Å². The van der Waals surface area contributed by atoms with Gasteiger partial charge >= 0.3 is 0 Å². The Kier molecular flexibility index (Phi) is 3.75. The molecule has 1 N–H and O–H groups in total. The molecule has 0 radical (unpaired) electrons. The largest absolute Gasteiger partial charge is 0.301 e. The van der Waals surface area contributed by atoms with E-state index in [4.69, 9.17) is 10.7 Å². The summed E-state index contributed by atoms with van der Waals surface area (Å²) in [6, 6.07) is 3.76. The molecule has 0 spiro atoms. The maximum atomic E-state index is 11.4. The highest BCUT2D eigenvalue weighted by Crippen LogP contribution is 2.14. The number of Topliss-reactive ketones (excluding diaryl/α,β-unsaturated/α-hetero) is 1. The number of hydrogen-bond donors (Lipinski definition) is 1. The van der Waals surface area contributed by atoms with Crippen LogP contribution in [0.3, 0.4) is 0 Å². The zero-order valence-corrected chi connectivity index (χ0v) is 9.52. The van der Waals surface area contributed by atoms with E-state index in [0.717, 1.165) is 5.56 Å². The number of nitrogens with zero attached hydrogens (tertiary/aromatic N) is 1. The van der Waals surface area contributed by atoms with Crippen LogP contribution in [0.15, 0.2) is 11.4 Å². The van der Waals surface area contributed by atoms with Gasteiger partial charge in [-0.1, -0.05) is 13.8 Å². The van der Waals surface area contributed by atoms with Gasteiger partial charge in [0.15, 0.2) is 5.78 Å². The van der Waals surface area contributed by atoms with Gasteiger partial charge in [-0.25, -0.2) is 0 Å². The number of nitriles is 1. The molecule has 0 aliphatic rings. The zero-order valence-electron chi connectivity index (χ0n) is 8.70. The first-order valence-electron chi connectivity index (χ1n) is 4.63. The minimum Gasteiger partial charge on any atom is -0.301 e. The van der Waals surface area contributed by atoms with Gasteiger partial charge in [0.25, 0.3) is 0 Å². The van der Waals surface area contributed by atoms with Crippen molar-refractivity contribution in [2.45, 2.75) is 20.3 Å². The average molecular weight is 220 g/mol. The number of thiophene rings is 1. The maximum Gasteiger partial charge on any atom is 0.179 e. The monoisotopic (exact) mass is 220 g/mol. The molecule has 0 saturated carbocycles. The van der Waals surface area contributed by atoms with E-state index in [1.54, 1.807) is 19.9 Å². The third-order valence-electron chi connectivity index (χ3n) is 1.97. The van der Waals surface area contributed by atoms with Gasteiger partial charge in [0.2, 0.25) is 0 Å². The molecule has 0 bridgehead atoms.